The predicted molar refractivity (Wildman–Crippen MR) is 92.3 cm³/mol. The van der Waals surface area contributed by atoms with Crippen molar-refractivity contribution in [3.63, 3.8) is 0 Å². The third-order valence-electron chi connectivity index (χ3n) is 5.62. The Labute approximate surface area is 146 Å². The molecule has 2 bridgehead atoms. The van der Waals surface area contributed by atoms with Crippen LogP contribution in [0.3, 0.4) is 0 Å². The molecule has 25 heavy (non-hydrogen) atoms. The third kappa shape index (κ3) is 2.86. The van der Waals surface area contributed by atoms with Gasteiger partial charge in [0.2, 0.25) is 0 Å². The summed E-state index contributed by atoms with van der Waals surface area (Å²) in [6, 6.07) is 10.7. The first-order valence-corrected chi connectivity index (χ1v) is 9.30. The summed E-state index contributed by atoms with van der Waals surface area (Å²) in [5, 5.41) is 7.80. The van der Waals surface area contributed by atoms with Crippen LogP contribution in [0.4, 0.5) is 0 Å². The number of hydrogen-bond donors (Lipinski definition) is 1. The molecule has 1 aliphatic carbocycles. The van der Waals surface area contributed by atoms with Crippen LogP contribution in [0.15, 0.2) is 34.9 Å². The van der Waals surface area contributed by atoms with E-state index in [2.05, 4.69) is 10.5 Å². The number of ether oxygens (including phenoxy) is 1. The summed E-state index contributed by atoms with van der Waals surface area (Å²) in [6.45, 7) is 0. The molecule has 3 atom stereocenters. The van der Waals surface area contributed by atoms with Gasteiger partial charge in [-0.3, -0.25) is 0 Å². The van der Waals surface area contributed by atoms with Crippen molar-refractivity contribution in [3.05, 3.63) is 41.7 Å². The summed E-state index contributed by atoms with van der Waals surface area (Å²) in [5.41, 5.74) is 2.06. The lowest BCUT2D eigenvalue weighted by atomic mass is 10.0. The molecular weight excluding hydrogens is 316 g/mol. The largest absolute Gasteiger partial charge is 0.459 e. The molecule has 3 heterocycles. The molecule has 2 aromatic rings. The van der Waals surface area contributed by atoms with Gasteiger partial charge in [0.25, 0.3) is 0 Å². The molecule has 0 unspecified atom stereocenters. The van der Waals surface area contributed by atoms with Crippen molar-refractivity contribution in [1.82, 2.24) is 10.5 Å². The van der Waals surface area contributed by atoms with Crippen molar-refractivity contribution < 1.29 is 14.1 Å². The number of aromatic nitrogens is 1. The molecule has 5 rings (SSSR count). The summed E-state index contributed by atoms with van der Waals surface area (Å²) in [4.78, 5) is 13.0. The van der Waals surface area contributed by atoms with Crippen LogP contribution in [-0.2, 0) is 4.74 Å². The van der Waals surface area contributed by atoms with Crippen molar-refractivity contribution in [3.8, 4) is 11.3 Å². The van der Waals surface area contributed by atoms with Gasteiger partial charge in [0.15, 0.2) is 5.76 Å². The zero-order valence-corrected chi connectivity index (χ0v) is 14.1. The number of carbonyl (C=O) groups excluding carboxylic acids is 1. The minimum absolute atomic E-state index is 0.00294. The second kappa shape index (κ2) is 5.99. The van der Waals surface area contributed by atoms with Gasteiger partial charge in [0, 0.05) is 23.6 Å². The Kier molecular flexibility index (Phi) is 3.63. The number of nitrogens with one attached hydrogen (secondary N) is 1. The molecular formula is C20H22N2O3. The van der Waals surface area contributed by atoms with Gasteiger partial charge >= 0.3 is 5.97 Å². The van der Waals surface area contributed by atoms with Gasteiger partial charge in [-0.15, -0.1) is 0 Å². The van der Waals surface area contributed by atoms with E-state index in [1.165, 1.54) is 12.8 Å². The Hall–Kier alpha value is -2.14. The van der Waals surface area contributed by atoms with Crippen LogP contribution in [0, 0.1) is 0 Å². The van der Waals surface area contributed by atoms with E-state index in [0.29, 0.717) is 35.0 Å². The second-order valence-corrected chi connectivity index (χ2v) is 7.55. The number of hydrogen-bond acceptors (Lipinski definition) is 5. The van der Waals surface area contributed by atoms with Gasteiger partial charge < -0.3 is 14.6 Å². The molecule has 130 valence electrons. The molecule has 5 nitrogen and oxygen atoms in total. The summed E-state index contributed by atoms with van der Waals surface area (Å²) in [5.74, 6) is 0.755. The van der Waals surface area contributed by atoms with Crippen LogP contribution >= 0.6 is 0 Å². The normalized spacial score (nSPS) is 28.1. The van der Waals surface area contributed by atoms with E-state index in [0.717, 1.165) is 31.2 Å². The second-order valence-electron chi connectivity index (χ2n) is 7.55. The number of benzene rings is 1. The number of rotatable bonds is 4. The van der Waals surface area contributed by atoms with E-state index in [4.69, 9.17) is 9.26 Å². The van der Waals surface area contributed by atoms with Gasteiger partial charge in [0.05, 0.1) is 0 Å². The summed E-state index contributed by atoms with van der Waals surface area (Å²) in [7, 11) is 0. The maximum absolute atomic E-state index is 13.0. The SMILES string of the molecule is O=C(O[C@H]1C[C@H]2CC[C@@H](C1)N2)c1c(-c2ccccc2)noc1C1CC1. The molecule has 1 saturated carbocycles. The van der Waals surface area contributed by atoms with Crippen molar-refractivity contribution in [2.45, 2.75) is 62.6 Å². The maximum atomic E-state index is 13.0. The van der Waals surface area contributed by atoms with Gasteiger partial charge in [-0.1, -0.05) is 35.5 Å². The highest BCUT2D eigenvalue weighted by atomic mass is 16.5. The van der Waals surface area contributed by atoms with Crippen molar-refractivity contribution in [2.75, 3.05) is 0 Å². The highest BCUT2D eigenvalue weighted by molar-refractivity contribution is 5.97. The van der Waals surface area contributed by atoms with Crippen molar-refractivity contribution in [1.29, 1.82) is 0 Å². The molecule has 3 aliphatic rings. The smallest absolute Gasteiger partial charge is 0.344 e. The van der Waals surface area contributed by atoms with Crippen LogP contribution in [0.2, 0.25) is 0 Å². The lowest BCUT2D eigenvalue weighted by Gasteiger charge is -2.28. The minimum Gasteiger partial charge on any atom is -0.459 e. The zero-order chi connectivity index (χ0) is 16.8. The maximum Gasteiger partial charge on any atom is 0.344 e. The summed E-state index contributed by atoms with van der Waals surface area (Å²) in [6.07, 6.45) is 6.31. The molecule has 1 N–H and O–H groups in total. The molecule has 2 saturated heterocycles. The monoisotopic (exact) mass is 338 g/mol. The van der Waals surface area contributed by atoms with Gasteiger partial charge in [-0.05, 0) is 38.5 Å². The van der Waals surface area contributed by atoms with E-state index < -0.39 is 0 Å². The molecule has 3 fully saturated rings. The van der Waals surface area contributed by atoms with Gasteiger partial charge in [-0.25, -0.2) is 4.79 Å². The van der Waals surface area contributed by atoms with E-state index in [-0.39, 0.29) is 12.1 Å². The van der Waals surface area contributed by atoms with Gasteiger partial charge in [-0.2, -0.15) is 0 Å². The van der Waals surface area contributed by atoms with Crippen LogP contribution in [0.1, 0.15) is 60.6 Å². The summed E-state index contributed by atoms with van der Waals surface area (Å²) >= 11 is 0. The molecule has 5 heteroatoms. The highest BCUT2D eigenvalue weighted by Crippen LogP contribution is 2.44. The number of piperidine rings is 1. The Morgan fingerprint density at radius 3 is 2.48 bits per heavy atom. The van der Waals surface area contributed by atoms with Crippen molar-refractivity contribution >= 4 is 5.97 Å². The van der Waals surface area contributed by atoms with E-state index in [1.54, 1.807) is 0 Å². The third-order valence-corrected chi connectivity index (χ3v) is 5.62. The van der Waals surface area contributed by atoms with Crippen LogP contribution in [0.25, 0.3) is 11.3 Å². The number of esters is 1. The molecule has 2 aliphatic heterocycles. The lowest BCUT2D eigenvalue weighted by Crippen LogP contribution is -2.42. The topological polar surface area (TPSA) is 64.4 Å². The Morgan fingerprint density at radius 1 is 1.08 bits per heavy atom. The summed E-state index contributed by atoms with van der Waals surface area (Å²) < 4.78 is 11.5. The van der Waals surface area contributed by atoms with Crippen molar-refractivity contribution in [2.24, 2.45) is 0 Å². The lowest BCUT2D eigenvalue weighted by molar-refractivity contribution is 0.0175. The molecule has 0 amide bonds. The first kappa shape index (κ1) is 15.1. The molecule has 0 radical (unpaired) electrons. The predicted octanol–water partition coefficient (Wildman–Crippen LogP) is 3.66. The highest BCUT2D eigenvalue weighted by Gasteiger charge is 2.39. The van der Waals surface area contributed by atoms with Crippen LogP contribution < -0.4 is 5.32 Å². The number of fused-ring (bicyclic) bond motifs is 2. The molecule has 1 aromatic carbocycles. The fraction of sp³-hybridized carbons (Fsp3) is 0.500. The Balaban J connectivity index is 1.43. The minimum atomic E-state index is -0.270. The molecule has 1 aromatic heterocycles. The Morgan fingerprint density at radius 2 is 1.80 bits per heavy atom. The molecule has 0 spiro atoms. The van der Waals surface area contributed by atoms with E-state index in [9.17, 15) is 4.79 Å². The average molecular weight is 338 g/mol. The fourth-order valence-corrected chi connectivity index (χ4v) is 4.23. The standard InChI is InChI=1S/C20H22N2O3/c23-20(24-16-10-14-8-9-15(11-16)21-14)17-18(12-4-2-1-3-5-12)22-25-19(17)13-6-7-13/h1-5,13-16,21H,6-11H2/t14-,15+,16+. The van der Waals surface area contributed by atoms with Gasteiger partial charge in [0.1, 0.15) is 17.4 Å². The fourth-order valence-electron chi connectivity index (χ4n) is 4.23. The zero-order valence-electron chi connectivity index (χ0n) is 14.1. The van der Waals surface area contributed by atoms with Crippen LogP contribution in [0.5, 0.6) is 0 Å². The van der Waals surface area contributed by atoms with E-state index in [1.807, 2.05) is 30.3 Å². The van der Waals surface area contributed by atoms with Crippen LogP contribution in [-0.4, -0.2) is 29.3 Å². The van der Waals surface area contributed by atoms with E-state index >= 15 is 0 Å². The number of nitrogens with zero attached hydrogens (tertiary/aromatic N) is 1. The number of carbonyl (C=O) groups is 1. The first-order valence-electron chi connectivity index (χ1n) is 9.30. The first-order chi connectivity index (χ1) is 12.3. The quantitative estimate of drug-likeness (QED) is 0.862. The average Bonchev–Trinajstić information content (AvgIpc) is 3.29. The Bertz CT molecular complexity index is 769.